The van der Waals surface area contributed by atoms with Gasteiger partial charge in [0.05, 0.1) is 13.2 Å². The van der Waals surface area contributed by atoms with Gasteiger partial charge in [-0.25, -0.2) is 13.1 Å². The second-order valence-electron chi connectivity index (χ2n) is 5.61. The van der Waals surface area contributed by atoms with Gasteiger partial charge in [0, 0.05) is 16.6 Å². The van der Waals surface area contributed by atoms with Crippen LogP contribution in [-0.4, -0.2) is 28.0 Å². The first-order chi connectivity index (χ1) is 12.3. The molecule has 1 unspecified atom stereocenters. The summed E-state index contributed by atoms with van der Waals surface area (Å²) in [6, 6.07) is 11.7. The molecule has 0 aliphatic rings. The van der Waals surface area contributed by atoms with E-state index in [1.165, 1.54) is 25.3 Å². The van der Waals surface area contributed by atoms with E-state index in [1.807, 2.05) is 31.2 Å². The van der Waals surface area contributed by atoms with Gasteiger partial charge in [-0.1, -0.05) is 35.0 Å². The van der Waals surface area contributed by atoms with Crippen LogP contribution in [0, 0.1) is 0 Å². The summed E-state index contributed by atoms with van der Waals surface area (Å²) >= 11 is 3.37. The van der Waals surface area contributed by atoms with Crippen LogP contribution >= 0.6 is 15.9 Å². The van der Waals surface area contributed by atoms with Crippen molar-refractivity contribution in [2.24, 2.45) is 0 Å². The van der Waals surface area contributed by atoms with Crippen LogP contribution in [0.1, 0.15) is 35.8 Å². The number of hydrogen-bond acceptors (Lipinski definition) is 4. The van der Waals surface area contributed by atoms with Crippen LogP contribution in [0.15, 0.2) is 51.8 Å². The van der Waals surface area contributed by atoms with Crippen LogP contribution in [0.3, 0.4) is 0 Å². The van der Waals surface area contributed by atoms with Gasteiger partial charge in [-0.3, -0.25) is 4.79 Å². The molecule has 0 saturated heterocycles. The summed E-state index contributed by atoms with van der Waals surface area (Å²) in [5, 5.41) is 2.87. The SMILES string of the molecule is CCNS(=O)(=O)c1cc(C(=O)NC(C)c2ccc(Br)cc2)ccc1OC. The van der Waals surface area contributed by atoms with E-state index in [1.54, 1.807) is 6.92 Å². The molecule has 8 heteroatoms. The van der Waals surface area contributed by atoms with Crippen LogP contribution in [0.4, 0.5) is 0 Å². The molecule has 2 aromatic rings. The molecule has 2 N–H and O–H groups in total. The maximum Gasteiger partial charge on any atom is 0.251 e. The predicted molar refractivity (Wildman–Crippen MR) is 104 cm³/mol. The molecule has 0 aliphatic heterocycles. The lowest BCUT2D eigenvalue weighted by molar-refractivity contribution is 0.0939. The average molecular weight is 441 g/mol. The molecule has 2 rings (SSSR count). The highest BCUT2D eigenvalue weighted by atomic mass is 79.9. The predicted octanol–water partition coefficient (Wildman–Crippen LogP) is 3.25. The Bertz CT molecular complexity index is 883. The van der Waals surface area contributed by atoms with Crippen molar-refractivity contribution < 1.29 is 17.9 Å². The minimum atomic E-state index is -3.75. The third kappa shape index (κ3) is 4.84. The molecule has 1 amide bonds. The second kappa shape index (κ2) is 8.66. The zero-order valence-electron chi connectivity index (χ0n) is 14.7. The summed E-state index contributed by atoms with van der Waals surface area (Å²) in [6.07, 6.45) is 0. The Morgan fingerprint density at radius 3 is 2.42 bits per heavy atom. The van der Waals surface area contributed by atoms with E-state index in [2.05, 4.69) is 26.0 Å². The van der Waals surface area contributed by atoms with Gasteiger partial charge in [0.1, 0.15) is 10.6 Å². The Hall–Kier alpha value is -1.90. The maximum absolute atomic E-state index is 12.6. The van der Waals surface area contributed by atoms with Crippen molar-refractivity contribution in [1.82, 2.24) is 10.0 Å². The number of carbonyl (C=O) groups excluding carboxylic acids is 1. The van der Waals surface area contributed by atoms with Crippen molar-refractivity contribution in [3.63, 3.8) is 0 Å². The number of amides is 1. The van der Waals surface area contributed by atoms with E-state index in [4.69, 9.17) is 4.74 Å². The van der Waals surface area contributed by atoms with Crippen LogP contribution in [0.2, 0.25) is 0 Å². The monoisotopic (exact) mass is 440 g/mol. The fourth-order valence-electron chi connectivity index (χ4n) is 2.41. The van der Waals surface area contributed by atoms with Crippen molar-refractivity contribution in [3.05, 3.63) is 58.1 Å². The largest absolute Gasteiger partial charge is 0.495 e. The molecule has 1 atom stereocenters. The first-order valence-electron chi connectivity index (χ1n) is 8.02. The summed E-state index contributed by atoms with van der Waals surface area (Å²) < 4.78 is 33.1. The molecule has 0 heterocycles. The quantitative estimate of drug-likeness (QED) is 0.691. The molecule has 0 bridgehead atoms. The number of methoxy groups -OCH3 is 1. The zero-order chi connectivity index (χ0) is 19.3. The summed E-state index contributed by atoms with van der Waals surface area (Å²) in [5.74, 6) is -0.181. The first kappa shape index (κ1) is 20.4. The first-order valence-corrected chi connectivity index (χ1v) is 10.3. The maximum atomic E-state index is 12.6. The highest BCUT2D eigenvalue weighted by Gasteiger charge is 2.21. The van der Waals surface area contributed by atoms with Gasteiger partial charge in [0.25, 0.3) is 5.91 Å². The average Bonchev–Trinajstić information content (AvgIpc) is 2.61. The number of sulfonamides is 1. The van der Waals surface area contributed by atoms with Gasteiger partial charge in [-0.05, 0) is 42.8 Å². The van der Waals surface area contributed by atoms with Crippen LogP contribution < -0.4 is 14.8 Å². The molecule has 2 aromatic carbocycles. The minimum absolute atomic E-state index is 0.0641. The van der Waals surface area contributed by atoms with Crippen molar-refractivity contribution in [1.29, 1.82) is 0 Å². The molecular weight excluding hydrogens is 420 g/mol. The van der Waals surface area contributed by atoms with Crippen molar-refractivity contribution >= 4 is 31.9 Å². The van der Waals surface area contributed by atoms with Gasteiger partial charge < -0.3 is 10.1 Å². The molecule has 140 valence electrons. The number of ether oxygens (including phenoxy) is 1. The third-order valence-corrected chi connectivity index (χ3v) is 5.86. The standard InChI is InChI=1S/C18H21BrN2O4S/c1-4-20-26(23,24)17-11-14(7-10-16(17)25-3)18(22)21-12(2)13-5-8-15(19)9-6-13/h5-12,20H,4H2,1-3H3,(H,21,22). The molecular formula is C18H21BrN2O4S. The highest BCUT2D eigenvalue weighted by molar-refractivity contribution is 9.10. The lowest BCUT2D eigenvalue weighted by atomic mass is 10.1. The van der Waals surface area contributed by atoms with E-state index in [0.717, 1.165) is 10.0 Å². The van der Waals surface area contributed by atoms with Gasteiger partial charge in [-0.15, -0.1) is 0 Å². The second-order valence-corrected chi connectivity index (χ2v) is 8.26. The number of rotatable bonds is 7. The molecule has 26 heavy (non-hydrogen) atoms. The molecule has 6 nitrogen and oxygen atoms in total. The smallest absolute Gasteiger partial charge is 0.251 e. The summed E-state index contributed by atoms with van der Waals surface area (Å²) in [4.78, 5) is 12.5. The molecule has 0 fully saturated rings. The van der Waals surface area contributed by atoms with Gasteiger partial charge in [0.15, 0.2) is 0 Å². The van der Waals surface area contributed by atoms with E-state index in [-0.39, 0.29) is 34.7 Å². The lowest BCUT2D eigenvalue weighted by Crippen LogP contribution is -2.28. The van der Waals surface area contributed by atoms with Crippen molar-refractivity contribution in [2.45, 2.75) is 24.8 Å². The van der Waals surface area contributed by atoms with Crippen molar-refractivity contribution in [3.8, 4) is 5.75 Å². The van der Waals surface area contributed by atoms with E-state index in [9.17, 15) is 13.2 Å². The number of halogens is 1. The topological polar surface area (TPSA) is 84.5 Å². The number of nitrogens with one attached hydrogen (secondary N) is 2. The highest BCUT2D eigenvalue weighted by Crippen LogP contribution is 2.25. The molecule has 0 saturated carbocycles. The Balaban J connectivity index is 2.27. The van der Waals surface area contributed by atoms with Gasteiger partial charge >= 0.3 is 0 Å². The van der Waals surface area contributed by atoms with Crippen LogP contribution in [0.25, 0.3) is 0 Å². The fourth-order valence-corrected chi connectivity index (χ4v) is 3.91. The normalized spacial score (nSPS) is 12.5. The molecule has 0 radical (unpaired) electrons. The lowest BCUT2D eigenvalue weighted by Gasteiger charge is -2.16. The van der Waals surface area contributed by atoms with Crippen molar-refractivity contribution in [2.75, 3.05) is 13.7 Å². The zero-order valence-corrected chi connectivity index (χ0v) is 17.1. The Labute approximate surface area is 162 Å². The summed E-state index contributed by atoms with van der Waals surface area (Å²) in [6.45, 7) is 3.78. The van der Waals surface area contributed by atoms with Crippen LogP contribution in [0.5, 0.6) is 5.75 Å². The van der Waals surface area contributed by atoms with Gasteiger partial charge in [-0.2, -0.15) is 0 Å². The van der Waals surface area contributed by atoms with E-state index in [0.29, 0.717) is 0 Å². The Morgan fingerprint density at radius 2 is 1.85 bits per heavy atom. The van der Waals surface area contributed by atoms with E-state index >= 15 is 0 Å². The minimum Gasteiger partial charge on any atom is -0.495 e. The number of hydrogen-bond donors (Lipinski definition) is 2. The number of benzene rings is 2. The molecule has 0 aliphatic carbocycles. The summed E-state index contributed by atoms with van der Waals surface area (Å²) in [7, 11) is -2.37. The molecule has 0 aromatic heterocycles. The number of carbonyl (C=O) groups is 1. The Kier molecular flexibility index (Phi) is 6.80. The van der Waals surface area contributed by atoms with Crippen LogP contribution in [-0.2, 0) is 10.0 Å². The third-order valence-electron chi connectivity index (χ3n) is 3.77. The molecule has 0 spiro atoms. The van der Waals surface area contributed by atoms with E-state index < -0.39 is 10.0 Å². The van der Waals surface area contributed by atoms with Gasteiger partial charge in [0.2, 0.25) is 10.0 Å². The Morgan fingerprint density at radius 1 is 1.19 bits per heavy atom. The fraction of sp³-hybridized carbons (Fsp3) is 0.278. The summed E-state index contributed by atoms with van der Waals surface area (Å²) in [5.41, 5.74) is 1.18.